The number of aliphatic hydroxyl groups is 1. The quantitative estimate of drug-likeness (QED) is 0.861. The lowest BCUT2D eigenvalue weighted by Gasteiger charge is -2.35. The number of ether oxygens (including phenoxy) is 1. The van der Waals surface area contributed by atoms with Gasteiger partial charge in [0, 0.05) is 6.04 Å². The summed E-state index contributed by atoms with van der Waals surface area (Å²) in [6.07, 6.45) is 6.24. The molecule has 98 valence electrons. The number of nitrogens with two attached hydrogens (primary N) is 1. The highest BCUT2D eigenvalue weighted by Gasteiger charge is 2.34. The molecule has 0 amide bonds. The molecule has 18 heavy (non-hydrogen) atoms. The van der Waals surface area contributed by atoms with Crippen LogP contribution in [0, 0.1) is 0 Å². The van der Waals surface area contributed by atoms with Gasteiger partial charge < -0.3 is 15.6 Å². The van der Waals surface area contributed by atoms with Crippen molar-refractivity contribution >= 4 is 0 Å². The minimum Gasteiger partial charge on any atom is -0.490 e. The predicted molar refractivity (Wildman–Crippen MR) is 70.4 cm³/mol. The van der Waals surface area contributed by atoms with Crippen LogP contribution in [0.25, 0.3) is 0 Å². The summed E-state index contributed by atoms with van der Waals surface area (Å²) in [5.74, 6) is 0.907. The second-order valence-electron chi connectivity index (χ2n) is 5.73. The van der Waals surface area contributed by atoms with Gasteiger partial charge in [0.05, 0.1) is 11.7 Å². The predicted octanol–water partition coefficient (Wildman–Crippen LogP) is 2.32. The van der Waals surface area contributed by atoms with Crippen LogP contribution in [0.4, 0.5) is 0 Å². The molecule has 3 rings (SSSR count). The van der Waals surface area contributed by atoms with Crippen molar-refractivity contribution in [3.05, 3.63) is 29.8 Å². The van der Waals surface area contributed by atoms with Gasteiger partial charge in [-0.25, -0.2) is 0 Å². The van der Waals surface area contributed by atoms with E-state index in [0.29, 0.717) is 12.5 Å². The van der Waals surface area contributed by atoms with Gasteiger partial charge in [0.25, 0.3) is 0 Å². The lowest BCUT2D eigenvalue weighted by atomic mass is 9.77. The van der Waals surface area contributed by atoms with Crippen molar-refractivity contribution in [2.45, 2.75) is 56.3 Å². The van der Waals surface area contributed by atoms with Gasteiger partial charge in [0.2, 0.25) is 0 Å². The first kappa shape index (κ1) is 12.0. The summed E-state index contributed by atoms with van der Waals surface area (Å²) in [5.41, 5.74) is 6.20. The number of hydrogen-bond acceptors (Lipinski definition) is 3. The third kappa shape index (κ3) is 2.52. The first-order valence-electron chi connectivity index (χ1n) is 6.91. The molecule has 0 aliphatic heterocycles. The summed E-state index contributed by atoms with van der Waals surface area (Å²) in [7, 11) is 0. The summed E-state index contributed by atoms with van der Waals surface area (Å²) < 4.78 is 5.72. The molecule has 0 radical (unpaired) electrons. The maximum atomic E-state index is 10.7. The molecule has 0 bridgehead atoms. The number of benzene rings is 1. The van der Waals surface area contributed by atoms with Crippen molar-refractivity contribution in [1.29, 1.82) is 0 Å². The van der Waals surface area contributed by atoms with Crippen molar-refractivity contribution in [1.82, 2.24) is 0 Å². The molecule has 2 aliphatic rings. The van der Waals surface area contributed by atoms with E-state index < -0.39 is 5.60 Å². The van der Waals surface area contributed by atoms with Gasteiger partial charge in [-0.05, 0) is 56.2 Å². The minimum atomic E-state index is -0.740. The van der Waals surface area contributed by atoms with Crippen LogP contribution in [0.3, 0.4) is 0 Å². The molecule has 1 aromatic carbocycles. The van der Waals surface area contributed by atoms with E-state index in [1.165, 1.54) is 12.8 Å². The Morgan fingerprint density at radius 2 is 1.89 bits per heavy atom. The van der Waals surface area contributed by atoms with Crippen molar-refractivity contribution in [3.63, 3.8) is 0 Å². The molecule has 0 saturated heterocycles. The van der Waals surface area contributed by atoms with Crippen LogP contribution < -0.4 is 10.5 Å². The van der Waals surface area contributed by atoms with Gasteiger partial charge in [-0.3, -0.25) is 0 Å². The number of rotatable bonds is 3. The topological polar surface area (TPSA) is 55.5 Å². The van der Waals surface area contributed by atoms with Crippen LogP contribution in [0.5, 0.6) is 5.75 Å². The van der Waals surface area contributed by atoms with E-state index in [4.69, 9.17) is 10.5 Å². The summed E-state index contributed by atoms with van der Waals surface area (Å²) in [4.78, 5) is 0. The Labute approximate surface area is 108 Å². The van der Waals surface area contributed by atoms with E-state index in [1.807, 2.05) is 24.3 Å². The Morgan fingerprint density at radius 3 is 2.50 bits per heavy atom. The van der Waals surface area contributed by atoms with Crippen LogP contribution in [0.2, 0.25) is 0 Å². The SMILES string of the molecule is NC1CCCC(O)(c2ccc(OC3CC3)cc2)C1. The normalized spacial score (nSPS) is 32.2. The molecule has 2 saturated carbocycles. The van der Waals surface area contributed by atoms with E-state index in [9.17, 15) is 5.11 Å². The first-order chi connectivity index (χ1) is 8.66. The van der Waals surface area contributed by atoms with Crippen LogP contribution in [-0.4, -0.2) is 17.3 Å². The standard InChI is InChI=1S/C15H21NO2/c16-12-2-1-9-15(17,10-12)11-3-5-13(6-4-11)18-14-7-8-14/h3-6,12,14,17H,1-2,7-10,16H2. The highest BCUT2D eigenvalue weighted by atomic mass is 16.5. The molecule has 1 aromatic rings. The smallest absolute Gasteiger partial charge is 0.119 e. The molecule has 2 atom stereocenters. The second kappa shape index (κ2) is 4.56. The van der Waals surface area contributed by atoms with Crippen molar-refractivity contribution in [2.24, 2.45) is 5.73 Å². The zero-order chi connectivity index (χ0) is 12.6. The van der Waals surface area contributed by atoms with Gasteiger partial charge >= 0.3 is 0 Å². The average Bonchev–Trinajstić information content (AvgIpc) is 3.13. The van der Waals surface area contributed by atoms with E-state index >= 15 is 0 Å². The molecule has 3 heteroatoms. The monoisotopic (exact) mass is 247 g/mol. The zero-order valence-corrected chi connectivity index (χ0v) is 10.6. The third-order valence-electron chi connectivity index (χ3n) is 3.98. The largest absolute Gasteiger partial charge is 0.490 e. The molecular formula is C15H21NO2. The van der Waals surface area contributed by atoms with Crippen molar-refractivity contribution in [3.8, 4) is 5.75 Å². The van der Waals surface area contributed by atoms with Gasteiger partial charge in [0.1, 0.15) is 5.75 Å². The fraction of sp³-hybridized carbons (Fsp3) is 0.600. The Morgan fingerprint density at radius 1 is 1.17 bits per heavy atom. The second-order valence-corrected chi connectivity index (χ2v) is 5.73. The van der Waals surface area contributed by atoms with Crippen molar-refractivity contribution in [2.75, 3.05) is 0 Å². The van der Waals surface area contributed by atoms with Gasteiger partial charge in [-0.15, -0.1) is 0 Å². The molecular weight excluding hydrogens is 226 g/mol. The summed E-state index contributed by atoms with van der Waals surface area (Å²) >= 11 is 0. The lowest BCUT2D eigenvalue weighted by molar-refractivity contribution is -0.00719. The van der Waals surface area contributed by atoms with E-state index in [-0.39, 0.29) is 6.04 Å². The Bertz CT molecular complexity index is 413. The van der Waals surface area contributed by atoms with Crippen LogP contribution in [-0.2, 0) is 5.60 Å². The average molecular weight is 247 g/mol. The first-order valence-corrected chi connectivity index (χ1v) is 6.91. The molecule has 2 fully saturated rings. The Hall–Kier alpha value is -1.06. The Kier molecular flexibility index (Phi) is 3.04. The van der Waals surface area contributed by atoms with Crippen LogP contribution in [0.1, 0.15) is 44.1 Å². The molecule has 2 unspecified atom stereocenters. The molecule has 2 aliphatic carbocycles. The van der Waals surface area contributed by atoms with Crippen LogP contribution >= 0.6 is 0 Å². The van der Waals surface area contributed by atoms with Gasteiger partial charge in [-0.2, -0.15) is 0 Å². The Balaban J connectivity index is 1.74. The fourth-order valence-electron chi connectivity index (χ4n) is 2.78. The minimum absolute atomic E-state index is 0.117. The lowest BCUT2D eigenvalue weighted by Crippen LogP contribution is -2.39. The fourth-order valence-corrected chi connectivity index (χ4v) is 2.78. The molecule has 0 aromatic heterocycles. The highest BCUT2D eigenvalue weighted by molar-refractivity contribution is 5.31. The van der Waals surface area contributed by atoms with Crippen molar-refractivity contribution < 1.29 is 9.84 Å². The summed E-state index contributed by atoms with van der Waals surface area (Å²) in [6, 6.07) is 8.01. The zero-order valence-electron chi connectivity index (χ0n) is 10.6. The summed E-state index contributed by atoms with van der Waals surface area (Å²) in [5, 5.41) is 10.7. The third-order valence-corrected chi connectivity index (χ3v) is 3.98. The number of hydrogen-bond donors (Lipinski definition) is 2. The maximum Gasteiger partial charge on any atom is 0.119 e. The molecule has 3 nitrogen and oxygen atoms in total. The maximum absolute atomic E-state index is 10.7. The van der Waals surface area contributed by atoms with E-state index in [2.05, 4.69) is 0 Å². The molecule has 0 spiro atoms. The van der Waals surface area contributed by atoms with Crippen LogP contribution in [0.15, 0.2) is 24.3 Å². The van der Waals surface area contributed by atoms with Gasteiger partial charge in [0.15, 0.2) is 0 Å². The molecule has 0 heterocycles. The van der Waals surface area contributed by atoms with E-state index in [1.54, 1.807) is 0 Å². The highest BCUT2D eigenvalue weighted by Crippen LogP contribution is 2.37. The molecule has 3 N–H and O–H groups in total. The summed E-state index contributed by atoms with van der Waals surface area (Å²) in [6.45, 7) is 0. The van der Waals surface area contributed by atoms with E-state index in [0.717, 1.165) is 30.6 Å². The van der Waals surface area contributed by atoms with Gasteiger partial charge in [-0.1, -0.05) is 12.1 Å².